The topological polar surface area (TPSA) is 41.1 Å². The van der Waals surface area contributed by atoms with Crippen molar-refractivity contribution in [1.82, 2.24) is 5.32 Å². The van der Waals surface area contributed by atoms with Crippen molar-refractivity contribution in [2.75, 3.05) is 12.4 Å². The number of carbonyl (C=O) groups is 1. The van der Waals surface area contributed by atoms with E-state index in [0.29, 0.717) is 12.0 Å². The SMILES string of the molecule is CCC1CC1NC(=O)c1ccc(NC)cc1. The van der Waals surface area contributed by atoms with Crippen LogP contribution in [0.2, 0.25) is 0 Å². The molecule has 0 aromatic heterocycles. The van der Waals surface area contributed by atoms with Gasteiger partial charge in [0.05, 0.1) is 0 Å². The molecule has 16 heavy (non-hydrogen) atoms. The predicted molar refractivity (Wildman–Crippen MR) is 65.6 cm³/mol. The molecule has 3 heteroatoms. The minimum Gasteiger partial charge on any atom is -0.388 e. The molecular formula is C13H18N2O. The van der Waals surface area contributed by atoms with E-state index >= 15 is 0 Å². The molecule has 2 rings (SSSR count). The zero-order valence-corrected chi connectivity index (χ0v) is 9.79. The highest BCUT2D eigenvalue weighted by Crippen LogP contribution is 2.33. The van der Waals surface area contributed by atoms with Gasteiger partial charge in [-0.05, 0) is 36.6 Å². The number of rotatable bonds is 4. The molecule has 0 saturated heterocycles. The van der Waals surface area contributed by atoms with E-state index in [2.05, 4.69) is 17.6 Å². The zero-order valence-electron chi connectivity index (χ0n) is 9.79. The van der Waals surface area contributed by atoms with Crippen LogP contribution in [0.25, 0.3) is 0 Å². The maximum atomic E-state index is 11.8. The van der Waals surface area contributed by atoms with Crippen LogP contribution in [0, 0.1) is 5.92 Å². The molecule has 1 aromatic carbocycles. The Bertz CT molecular complexity index is 372. The molecule has 0 radical (unpaired) electrons. The summed E-state index contributed by atoms with van der Waals surface area (Å²) < 4.78 is 0. The van der Waals surface area contributed by atoms with Gasteiger partial charge >= 0.3 is 0 Å². The summed E-state index contributed by atoms with van der Waals surface area (Å²) in [6, 6.07) is 7.94. The zero-order chi connectivity index (χ0) is 11.5. The second kappa shape index (κ2) is 4.56. The summed E-state index contributed by atoms with van der Waals surface area (Å²) >= 11 is 0. The van der Waals surface area contributed by atoms with E-state index in [1.54, 1.807) is 0 Å². The third-order valence-corrected chi connectivity index (χ3v) is 3.20. The van der Waals surface area contributed by atoms with Crippen LogP contribution < -0.4 is 10.6 Å². The molecule has 3 nitrogen and oxygen atoms in total. The lowest BCUT2D eigenvalue weighted by atomic mass is 10.2. The Morgan fingerprint density at radius 1 is 1.38 bits per heavy atom. The van der Waals surface area contributed by atoms with E-state index < -0.39 is 0 Å². The van der Waals surface area contributed by atoms with Crippen molar-refractivity contribution in [3.05, 3.63) is 29.8 Å². The number of hydrogen-bond donors (Lipinski definition) is 2. The van der Waals surface area contributed by atoms with Gasteiger partial charge in [-0.15, -0.1) is 0 Å². The number of benzene rings is 1. The van der Waals surface area contributed by atoms with Crippen LogP contribution in [-0.4, -0.2) is 19.0 Å². The second-order valence-electron chi connectivity index (χ2n) is 4.31. The average molecular weight is 218 g/mol. The standard InChI is InChI=1S/C13H18N2O/c1-3-9-8-12(9)15-13(16)10-4-6-11(14-2)7-5-10/h4-7,9,12,14H,3,8H2,1-2H3,(H,15,16). The minimum atomic E-state index is 0.0450. The van der Waals surface area contributed by atoms with Crippen molar-refractivity contribution in [2.24, 2.45) is 5.92 Å². The van der Waals surface area contributed by atoms with Gasteiger partial charge in [-0.1, -0.05) is 13.3 Å². The normalized spacial score (nSPS) is 22.6. The first-order valence-electron chi connectivity index (χ1n) is 5.83. The van der Waals surface area contributed by atoms with Crippen LogP contribution in [0.3, 0.4) is 0 Å². The molecule has 1 aliphatic rings. The largest absolute Gasteiger partial charge is 0.388 e. The van der Waals surface area contributed by atoms with Gasteiger partial charge in [-0.3, -0.25) is 4.79 Å². The first-order valence-corrected chi connectivity index (χ1v) is 5.83. The number of anilines is 1. The molecule has 0 spiro atoms. The lowest BCUT2D eigenvalue weighted by Gasteiger charge is -2.05. The minimum absolute atomic E-state index is 0.0450. The highest BCUT2D eigenvalue weighted by atomic mass is 16.1. The summed E-state index contributed by atoms with van der Waals surface area (Å²) in [5, 5.41) is 6.08. The molecule has 0 heterocycles. The van der Waals surface area contributed by atoms with E-state index in [4.69, 9.17) is 0 Å². The Labute approximate surface area is 96.2 Å². The number of carbonyl (C=O) groups excluding carboxylic acids is 1. The Hall–Kier alpha value is -1.51. The maximum Gasteiger partial charge on any atom is 0.251 e. The van der Waals surface area contributed by atoms with E-state index in [0.717, 1.165) is 24.1 Å². The van der Waals surface area contributed by atoms with Crippen molar-refractivity contribution in [3.63, 3.8) is 0 Å². The van der Waals surface area contributed by atoms with Crippen molar-refractivity contribution in [1.29, 1.82) is 0 Å². The van der Waals surface area contributed by atoms with Crippen molar-refractivity contribution in [3.8, 4) is 0 Å². The summed E-state index contributed by atoms with van der Waals surface area (Å²) in [4.78, 5) is 11.8. The van der Waals surface area contributed by atoms with E-state index in [-0.39, 0.29) is 5.91 Å². The molecule has 2 N–H and O–H groups in total. The number of nitrogens with one attached hydrogen (secondary N) is 2. The molecule has 0 bridgehead atoms. The summed E-state index contributed by atoms with van der Waals surface area (Å²) in [7, 11) is 1.87. The van der Waals surface area contributed by atoms with Crippen molar-refractivity contribution in [2.45, 2.75) is 25.8 Å². The van der Waals surface area contributed by atoms with Gasteiger partial charge in [0, 0.05) is 24.3 Å². The summed E-state index contributed by atoms with van der Waals surface area (Å²) in [5.74, 6) is 0.740. The quantitative estimate of drug-likeness (QED) is 0.814. The molecule has 1 amide bonds. The monoisotopic (exact) mass is 218 g/mol. The third-order valence-electron chi connectivity index (χ3n) is 3.20. The van der Waals surface area contributed by atoms with Crippen molar-refractivity contribution < 1.29 is 4.79 Å². The fourth-order valence-electron chi connectivity index (χ4n) is 1.92. The van der Waals surface area contributed by atoms with Crippen LogP contribution in [-0.2, 0) is 0 Å². The molecule has 1 fully saturated rings. The average Bonchev–Trinajstić information content (AvgIpc) is 3.07. The predicted octanol–water partition coefficient (Wildman–Crippen LogP) is 2.26. The summed E-state index contributed by atoms with van der Waals surface area (Å²) in [5.41, 5.74) is 1.76. The second-order valence-corrected chi connectivity index (χ2v) is 4.31. The van der Waals surface area contributed by atoms with Gasteiger partial charge < -0.3 is 10.6 Å². The third kappa shape index (κ3) is 2.35. The Kier molecular flexibility index (Phi) is 3.13. The molecule has 0 aliphatic heterocycles. The van der Waals surface area contributed by atoms with Gasteiger partial charge in [0.15, 0.2) is 0 Å². The van der Waals surface area contributed by atoms with Crippen LogP contribution in [0.1, 0.15) is 30.1 Å². The molecule has 1 aliphatic carbocycles. The van der Waals surface area contributed by atoms with E-state index in [9.17, 15) is 4.79 Å². The fraction of sp³-hybridized carbons (Fsp3) is 0.462. The van der Waals surface area contributed by atoms with Crippen molar-refractivity contribution >= 4 is 11.6 Å². The molecule has 1 saturated carbocycles. The molecule has 86 valence electrons. The fourth-order valence-corrected chi connectivity index (χ4v) is 1.92. The van der Waals surface area contributed by atoms with Gasteiger partial charge in [0.1, 0.15) is 0 Å². The first kappa shape index (κ1) is 11.0. The maximum absolute atomic E-state index is 11.8. The van der Waals surface area contributed by atoms with Crippen LogP contribution in [0.15, 0.2) is 24.3 Å². The van der Waals surface area contributed by atoms with Crippen LogP contribution in [0.5, 0.6) is 0 Å². The molecule has 1 aromatic rings. The molecular weight excluding hydrogens is 200 g/mol. The Morgan fingerprint density at radius 3 is 2.56 bits per heavy atom. The van der Waals surface area contributed by atoms with E-state index in [1.165, 1.54) is 0 Å². The van der Waals surface area contributed by atoms with Gasteiger partial charge in [-0.2, -0.15) is 0 Å². The van der Waals surface area contributed by atoms with Gasteiger partial charge in [-0.25, -0.2) is 0 Å². The molecule has 2 atom stereocenters. The Balaban J connectivity index is 1.93. The summed E-state index contributed by atoms with van der Waals surface area (Å²) in [6.45, 7) is 2.17. The lowest BCUT2D eigenvalue weighted by molar-refractivity contribution is 0.0949. The highest BCUT2D eigenvalue weighted by Gasteiger charge is 2.36. The van der Waals surface area contributed by atoms with Gasteiger partial charge in [0.2, 0.25) is 0 Å². The van der Waals surface area contributed by atoms with Crippen LogP contribution in [0.4, 0.5) is 5.69 Å². The lowest BCUT2D eigenvalue weighted by Crippen LogP contribution is -2.26. The summed E-state index contributed by atoms with van der Waals surface area (Å²) in [6.07, 6.45) is 2.29. The first-order chi connectivity index (χ1) is 7.74. The van der Waals surface area contributed by atoms with Gasteiger partial charge in [0.25, 0.3) is 5.91 Å². The number of amides is 1. The number of hydrogen-bond acceptors (Lipinski definition) is 2. The highest BCUT2D eigenvalue weighted by molar-refractivity contribution is 5.94. The smallest absolute Gasteiger partial charge is 0.251 e. The Morgan fingerprint density at radius 2 is 2.06 bits per heavy atom. The van der Waals surface area contributed by atoms with E-state index in [1.807, 2.05) is 31.3 Å². The molecule has 2 unspecified atom stereocenters. The van der Waals surface area contributed by atoms with Crippen LogP contribution >= 0.6 is 0 Å².